The van der Waals surface area contributed by atoms with Crippen LogP contribution in [0.15, 0.2) is 101 Å². The average molecular weight is 368 g/mol. The van der Waals surface area contributed by atoms with Gasteiger partial charge in [-0.25, -0.2) is 0 Å². The Hall–Kier alpha value is -3.40. The summed E-state index contributed by atoms with van der Waals surface area (Å²) in [5, 5.41) is 12.1. The van der Waals surface area contributed by atoms with Crippen LogP contribution in [-0.4, -0.2) is 7.05 Å². The van der Waals surface area contributed by atoms with Crippen molar-refractivity contribution < 1.29 is 0 Å². The molecule has 28 heavy (non-hydrogen) atoms. The Morgan fingerprint density at radius 3 is 2.18 bits per heavy atom. The third-order valence-electron chi connectivity index (χ3n) is 5.22. The summed E-state index contributed by atoms with van der Waals surface area (Å²) in [4.78, 5) is 2.20. The molecule has 0 aromatic heterocycles. The maximum atomic E-state index is 4.37. The summed E-state index contributed by atoms with van der Waals surface area (Å²) >= 11 is 0. The summed E-state index contributed by atoms with van der Waals surface area (Å²) in [7, 11) is 2.08. The molecular formula is C24H24N4. The summed E-state index contributed by atoms with van der Waals surface area (Å²) in [5.74, 6) is 0. The number of fused-ring (bicyclic) bond motifs is 1. The van der Waals surface area contributed by atoms with E-state index in [2.05, 4.69) is 65.6 Å². The van der Waals surface area contributed by atoms with Crippen LogP contribution in [0.2, 0.25) is 0 Å². The highest BCUT2D eigenvalue weighted by atomic mass is 15.2. The van der Waals surface area contributed by atoms with Crippen molar-refractivity contribution >= 4 is 22.7 Å². The third-order valence-corrected chi connectivity index (χ3v) is 5.22. The van der Waals surface area contributed by atoms with Gasteiger partial charge in [0.05, 0.1) is 11.9 Å². The van der Waals surface area contributed by atoms with Crippen molar-refractivity contribution in [1.82, 2.24) is 0 Å². The van der Waals surface area contributed by atoms with Crippen molar-refractivity contribution in [2.24, 2.45) is 10.2 Å². The Kier molecular flexibility index (Phi) is 4.70. The van der Waals surface area contributed by atoms with Crippen molar-refractivity contribution in [1.29, 1.82) is 0 Å². The maximum Gasteiger partial charge on any atom is 0.0858 e. The number of para-hydroxylation sites is 2. The largest absolute Gasteiger partial charge is 0.356 e. The first-order valence-corrected chi connectivity index (χ1v) is 9.42. The minimum Gasteiger partial charge on any atom is -0.356 e. The topological polar surface area (TPSA) is 40.0 Å². The summed E-state index contributed by atoms with van der Waals surface area (Å²) in [6, 6.07) is 26.5. The van der Waals surface area contributed by atoms with Crippen LogP contribution in [0.5, 0.6) is 0 Å². The third kappa shape index (κ3) is 3.41. The second-order valence-corrected chi connectivity index (χ2v) is 7.47. The second-order valence-electron chi connectivity index (χ2n) is 7.47. The Morgan fingerprint density at radius 1 is 0.821 bits per heavy atom. The molecular weight excluding hydrogens is 344 g/mol. The van der Waals surface area contributed by atoms with Gasteiger partial charge in [0, 0.05) is 35.2 Å². The molecule has 4 rings (SSSR count). The number of allylic oxidation sites excluding steroid dienone is 1. The van der Waals surface area contributed by atoms with Gasteiger partial charge in [-0.2, -0.15) is 10.2 Å². The molecule has 4 nitrogen and oxygen atoms in total. The number of likely N-dealkylation sites (N-methyl/N-ethyl adjacent to an activating group) is 1. The van der Waals surface area contributed by atoms with Gasteiger partial charge in [0.25, 0.3) is 0 Å². The smallest absolute Gasteiger partial charge is 0.0858 e. The molecule has 0 spiro atoms. The first-order valence-electron chi connectivity index (χ1n) is 9.42. The summed E-state index contributed by atoms with van der Waals surface area (Å²) < 4.78 is 0. The van der Waals surface area contributed by atoms with E-state index < -0.39 is 0 Å². The molecule has 3 aromatic carbocycles. The van der Waals surface area contributed by atoms with E-state index >= 15 is 0 Å². The highest BCUT2D eigenvalue weighted by Gasteiger charge is 2.38. The minimum absolute atomic E-state index is 0.0895. The van der Waals surface area contributed by atoms with Crippen LogP contribution in [-0.2, 0) is 5.41 Å². The van der Waals surface area contributed by atoms with Crippen molar-refractivity contribution in [3.05, 3.63) is 96.3 Å². The van der Waals surface area contributed by atoms with E-state index in [1.807, 2.05) is 60.8 Å². The van der Waals surface area contributed by atoms with Crippen LogP contribution >= 0.6 is 0 Å². The lowest BCUT2D eigenvalue weighted by Crippen LogP contribution is -2.22. The molecule has 0 amide bonds. The second kappa shape index (κ2) is 7.31. The summed E-state index contributed by atoms with van der Waals surface area (Å²) in [6.07, 6.45) is 1.87. The monoisotopic (exact) mass is 368 g/mol. The molecule has 0 saturated heterocycles. The van der Waals surface area contributed by atoms with Crippen LogP contribution < -0.4 is 10.2 Å². The predicted molar refractivity (Wildman–Crippen MR) is 117 cm³/mol. The maximum absolute atomic E-state index is 4.37. The van der Waals surface area contributed by atoms with Crippen LogP contribution in [0.1, 0.15) is 19.4 Å². The SMILES string of the molecule is CN1C(=CN=Nc2ccc(Nc3ccccc3)cc2)C(C)(C)c2ccccc21. The fraction of sp³-hybridized carbons (Fsp3) is 0.167. The molecule has 3 aromatic rings. The Labute approximate surface area is 166 Å². The number of azo groups is 1. The number of nitrogens with one attached hydrogen (secondary N) is 1. The Bertz CT molecular complexity index is 1020. The van der Waals surface area contributed by atoms with Crippen molar-refractivity contribution in [3.63, 3.8) is 0 Å². The quantitative estimate of drug-likeness (QED) is 0.515. The normalized spacial score (nSPS) is 16.5. The van der Waals surface area contributed by atoms with Gasteiger partial charge in [-0.1, -0.05) is 50.2 Å². The van der Waals surface area contributed by atoms with Gasteiger partial charge in [-0.3, -0.25) is 0 Å². The van der Waals surface area contributed by atoms with E-state index in [1.54, 1.807) is 0 Å². The molecule has 1 N–H and O–H groups in total. The fourth-order valence-corrected chi connectivity index (χ4v) is 3.68. The lowest BCUT2D eigenvalue weighted by atomic mass is 9.84. The van der Waals surface area contributed by atoms with Gasteiger partial charge >= 0.3 is 0 Å². The molecule has 1 heterocycles. The van der Waals surface area contributed by atoms with Gasteiger partial charge < -0.3 is 10.2 Å². The minimum atomic E-state index is -0.0895. The molecule has 0 aliphatic carbocycles. The standard InChI is InChI=1S/C24H24N4/c1-24(2)21-11-7-8-12-22(21)28(3)23(24)17-25-27-20-15-13-19(14-16-20)26-18-9-5-4-6-10-18/h4-17,26H,1-3H3. The number of hydrogen-bond acceptors (Lipinski definition) is 4. The highest BCUT2D eigenvalue weighted by molar-refractivity contribution is 5.69. The zero-order valence-corrected chi connectivity index (χ0v) is 16.4. The predicted octanol–water partition coefficient (Wildman–Crippen LogP) is 6.78. The van der Waals surface area contributed by atoms with Gasteiger partial charge in [0.2, 0.25) is 0 Å². The van der Waals surface area contributed by atoms with Crippen LogP contribution in [0.3, 0.4) is 0 Å². The molecule has 0 unspecified atom stereocenters. The lowest BCUT2D eigenvalue weighted by Gasteiger charge is -2.22. The molecule has 0 radical (unpaired) electrons. The molecule has 0 atom stereocenters. The molecule has 0 saturated carbocycles. The van der Waals surface area contributed by atoms with E-state index in [0.717, 1.165) is 22.8 Å². The van der Waals surface area contributed by atoms with Crippen molar-refractivity contribution in [2.45, 2.75) is 19.3 Å². The van der Waals surface area contributed by atoms with Crippen molar-refractivity contribution in [3.8, 4) is 0 Å². The van der Waals surface area contributed by atoms with E-state index in [4.69, 9.17) is 0 Å². The summed E-state index contributed by atoms with van der Waals surface area (Å²) in [6.45, 7) is 4.45. The number of benzene rings is 3. The summed E-state index contributed by atoms with van der Waals surface area (Å²) in [5.41, 5.74) is 6.50. The number of rotatable bonds is 4. The number of hydrogen-bond donors (Lipinski definition) is 1. The van der Waals surface area contributed by atoms with Crippen LogP contribution in [0, 0.1) is 0 Å². The van der Waals surface area contributed by atoms with Gasteiger partial charge in [-0.15, -0.1) is 0 Å². The molecule has 140 valence electrons. The van der Waals surface area contributed by atoms with E-state index in [9.17, 15) is 0 Å². The first kappa shape index (κ1) is 18.0. The van der Waals surface area contributed by atoms with Crippen LogP contribution in [0.4, 0.5) is 22.7 Å². The average Bonchev–Trinajstić information content (AvgIpc) is 2.91. The molecule has 1 aliphatic heterocycles. The number of anilines is 3. The Balaban J connectivity index is 1.49. The molecule has 4 heteroatoms. The first-order chi connectivity index (χ1) is 13.6. The molecule has 0 fully saturated rings. The zero-order chi connectivity index (χ0) is 19.6. The number of nitrogens with zero attached hydrogens (tertiary/aromatic N) is 3. The van der Waals surface area contributed by atoms with Gasteiger partial charge in [0.15, 0.2) is 0 Å². The van der Waals surface area contributed by atoms with Crippen molar-refractivity contribution in [2.75, 3.05) is 17.3 Å². The van der Waals surface area contributed by atoms with E-state index in [1.165, 1.54) is 11.3 Å². The molecule has 0 bridgehead atoms. The fourth-order valence-electron chi connectivity index (χ4n) is 3.68. The zero-order valence-electron chi connectivity index (χ0n) is 16.4. The van der Waals surface area contributed by atoms with Gasteiger partial charge in [-0.05, 0) is 48.0 Å². The Morgan fingerprint density at radius 2 is 1.46 bits per heavy atom. The van der Waals surface area contributed by atoms with E-state index in [-0.39, 0.29) is 5.41 Å². The van der Waals surface area contributed by atoms with E-state index in [0.29, 0.717) is 0 Å². The van der Waals surface area contributed by atoms with Gasteiger partial charge in [0.1, 0.15) is 0 Å². The molecule has 1 aliphatic rings. The lowest BCUT2D eigenvalue weighted by molar-refractivity contribution is 0.637. The van der Waals surface area contributed by atoms with Crippen LogP contribution in [0.25, 0.3) is 0 Å². The highest BCUT2D eigenvalue weighted by Crippen LogP contribution is 2.46.